The summed E-state index contributed by atoms with van der Waals surface area (Å²) in [5.41, 5.74) is 8.26. The lowest BCUT2D eigenvalue weighted by Crippen LogP contribution is -2.07. The van der Waals surface area contributed by atoms with Crippen LogP contribution < -0.4 is 5.43 Å². The maximum Gasteiger partial charge on any atom is 0.311 e. The molecule has 2 aromatic carbocycles. The molecule has 0 spiro atoms. The van der Waals surface area contributed by atoms with Crippen molar-refractivity contribution in [2.24, 2.45) is 5.10 Å². The van der Waals surface area contributed by atoms with Crippen LogP contribution in [0, 0.1) is 0 Å². The lowest BCUT2D eigenvalue weighted by atomic mass is 10.0. The number of aryl methyl sites for hydroxylation is 1. The van der Waals surface area contributed by atoms with Gasteiger partial charge in [0.2, 0.25) is 5.13 Å². The monoisotopic (exact) mass is 393 g/mol. The zero-order valence-electron chi connectivity index (χ0n) is 16.0. The maximum atomic E-state index is 11.5. The normalized spacial score (nSPS) is 10.9. The Labute approximate surface area is 169 Å². The zero-order chi connectivity index (χ0) is 19.8. The van der Waals surface area contributed by atoms with E-state index < -0.39 is 0 Å². The van der Waals surface area contributed by atoms with Crippen LogP contribution in [0.4, 0.5) is 5.13 Å². The number of aromatic nitrogens is 1. The smallest absolute Gasteiger partial charge is 0.311 e. The third-order valence-electron chi connectivity index (χ3n) is 4.14. The maximum absolute atomic E-state index is 11.5. The molecule has 0 atom stereocenters. The van der Waals surface area contributed by atoms with E-state index in [1.165, 1.54) is 22.5 Å². The number of hydrogen-bond acceptors (Lipinski definition) is 6. The van der Waals surface area contributed by atoms with Crippen molar-refractivity contribution in [1.82, 2.24) is 4.98 Å². The number of hydrogen-bond donors (Lipinski definition) is 1. The van der Waals surface area contributed by atoms with E-state index in [1.54, 1.807) is 13.1 Å². The van der Waals surface area contributed by atoms with E-state index in [0.717, 1.165) is 17.5 Å². The number of carbonyl (C=O) groups is 1. The molecule has 0 aliphatic rings. The fourth-order valence-corrected chi connectivity index (χ4v) is 3.35. The second-order valence-corrected chi connectivity index (χ2v) is 7.03. The van der Waals surface area contributed by atoms with Crippen LogP contribution in [0.3, 0.4) is 0 Å². The van der Waals surface area contributed by atoms with Gasteiger partial charge in [-0.05, 0) is 41.7 Å². The summed E-state index contributed by atoms with van der Waals surface area (Å²) in [7, 11) is 0. The highest BCUT2D eigenvalue weighted by atomic mass is 32.1. The van der Waals surface area contributed by atoms with Gasteiger partial charge in [-0.3, -0.25) is 10.2 Å². The van der Waals surface area contributed by atoms with Gasteiger partial charge in [-0.2, -0.15) is 5.10 Å². The third kappa shape index (κ3) is 5.50. The van der Waals surface area contributed by atoms with Crippen LogP contribution in [-0.4, -0.2) is 23.8 Å². The van der Waals surface area contributed by atoms with E-state index in [-0.39, 0.29) is 12.4 Å². The molecule has 1 aromatic heterocycles. The first-order valence-electron chi connectivity index (χ1n) is 9.26. The molecule has 144 valence electrons. The minimum Gasteiger partial charge on any atom is -0.466 e. The molecule has 0 bridgehead atoms. The number of nitrogens with zero attached hydrogens (tertiary/aromatic N) is 2. The Morgan fingerprint density at radius 1 is 1.18 bits per heavy atom. The highest BCUT2D eigenvalue weighted by molar-refractivity contribution is 7.13. The molecule has 0 fully saturated rings. The van der Waals surface area contributed by atoms with Gasteiger partial charge in [0.15, 0.2) is 0 Å². The first-order valence-corrected chi connectivity index (χ1v) is 10.1. The number of esters is 1. The Balaban J connectivity index is 1.61. The molecule has 0 saturated heterocycles. The highest BCUT2D eigenvalue weighted by Gasteiger charge is 2.07. The van der Waals surface area contributed by atoms with Gasteiger partial charge in [-0.1, -0.05) is 49.4 Å². The van der Waals surface area contributed by atoms with E-state index in [0.29, 0.717) is 17.4 Å². The van der Waals surface area contributed by atoms with Crippen LogP contribution in [0.1, 0.15) is 30.7 Å². The Hall–Kier alpha value is -2.99. The third-order valence-corrected chi connectivity index (χ3v) is 4.93. The molecule has 0 amide bonds. The molecular weight excluding hydrogens is 370 g/mol. The van der Waals surface area contributed by atoms with Gasteiger partial charge < -0.3 is 4.74 Å². The van der Waals surface area contributed by atoms with Gasteiger partial charge in [0.05, 0.1) is 24.9 Å². The van der Waals surface area contributed by atoms with E-state index in [1.807, 2.05) is 17.5 Å². The van der Waals surface area contributed by atoms with E-state index >= 15 is 0 Å². The first-order chi connectivity index (χ1) is 13.7. The minimum atomic E-state index is -0.272. The van der Waals surface area contributed by atoms with Gasteiger partial charge >= 0.3 is 5.97 Å². The summed E-state index contributed by atoms with van der Waals surface area (Å²) >= 11 is 1.40. The predicted molar refractivity (Wildman–Crippen MR) is 115 cm³/mol. The Bertz CT molecular complexity index is 948. The number of anilines is 1. The first kappa shape index (κ1) is 19.8. The summed E-state index contributed by atoms with van der Waals surface area (Å²) in [6.07, 6.45) is 2.97. The number of ether oxygens (including phenoxy) is 1. The number of hydrazone groups is 1. The molecule has 1 heterocycles. The fraction of sp³-hybridized carbons (Fsp3) is 0.227. The van der Waals surface area contributed by atoms with Crippen LogP contribution >= 0.6 is 11.3 Å². The molecule has 3 rings (SSSR count). The average Bonchev–Trinajstić information content (AvgIpc) is 3.15. The number of nitrogens with one attached hydrogen (secondary N) is 1. The van der Waals surface area contributed by atoms with Crippen LogP contribution in [0.5, 0.6) is 0 Å². The summed E-state index contributed by atoms with van der Waals surface area (Å²) in [5, 5.41) is 6.73. The van der Waals surface area contributed by atoms with E-state index in [4.69, 9.17) is 4.74 Å². The van der Waals surface area contributed by atoms with Gasteiger partial charge in [0.25, 0.3) is 0 Å². The molecule has 3 aromatic rings. The summed E-state index contributed by atoms with van der Waals surface area (Å²) in [4.78, 5) is 15.8. The van der Waals surface area contributed by atoms with Gasteiger partial charge in [-0.15, -0.1) is 11.3 Å². The van der Waals surface area contributed by atoms with Crippen molar-refractivity contribution in [3.63, 3.8) is 0 Å². The lowest BCUT2D eigenvalue weighted by molar-refractivity contribution is -0.142. The van der Waals surface area contributed by atoms with Crippen molar-refractivity contribution in [2.45, 2.75) is 26.7 Å². The summed E-state index contributed by atoms with van der Waals surface area (Å²) in [6.45, 7) is 4.32. The largest absolute Gasteiger partial charge is 0.466 e. The van der Waals surface area contributed by atoms with E-state index in [2.05, 4.69) is 58.8 Å². The topological polar surface area (TPSA) is 63.6 Å². The van der Waals surface area contributed by atoms with Gasteiger partial charge in [-0.25, -0.2) is 4.98 Å². The summed E-state index contributed by atoms with van der Waals surface area (Å²) < 4.78 is 4.93. The average molecular weight is 394 g/mol. The van der Waals surface area contributed by atoms with Gasteiger partial charge in [0.1, 0.15) is 0 Å². The van der Waals surface area contributed by atoms with Gasteiger partial charge in [0, 0.05) is 5.38 Å². The van der Waals surface area contributed by atoms with Crippen LogP contribution in [0.2, 0.25) is 0 Å². The van der Waals surface area contributed by atoms with Crippen LogP contribution in [-0.2, 0) is 22.4 Å². The Morgan fingerprint density at radius 2 is 2.00 bits per heavy atom. The number of rotatable bonds is 8. The predicted octanol–water partition coefficient (Wildman–Crippen LogP) is 4.92. The quantitative estimate of drug-likeness (QED) is 0.335. The Kier molecular flexibility index (Phi) is 6.92. The second-order valence-electron chi connectivity index (χ2n) is 6.17. The molecule has 6 heteroatoms. The number of thiazole rings is 1. The van der Waals surface area contributed by atoms with Crippen LogP contribution in [0.25, 0.3) is 11.1 Å². The Morgan fingerprint density at radius 3 is 2.75 bits per heavy atom. The SMILES string of the molecule is CCOC(=O)Cc1csc(NN=Cc2cccc(-c3ccc(CC)cc3)c2)n1. The summed E-state index contributed by atoms with van der Waals surface area (Å²) in [5.74, 6) is -0.272. The molecule has 1 N–H and O–H groups in total. The lowest BCUT2D eigenvalue weighted by Gasteiger charge is -2.04. The number of carbonyl (C=O) groups excluding carboxylic acids is 1. The summed E-state index contributed by atoms with van der Waals surface area (Å²) in [6, 6.07) is 16.8. The van der Waals surface area contributed by atoms with Crippen molar-refractivity contribution >= 4 is 28.7 Å². The molecule has 0 unspecified atom stereocenters. The van der Waals surface area contributed by atoms with Crippen molar-refractivity contribution in [1.29, 1.82) is 0 Å². The number of benzene rings is 2. The molecule has 0 aliphatic carbocycles. The highest BCUT2D eigenvalue weighted by Crippen LogP contribution is 2.21. The van der Waals surface area contributed by atoms with Crippen LogP contribution in [0.15, 0.2) is 59.0 Å². The molecule has 0 aliphatic heterocycles. The van der Waals surface area contributed by atoms with Crippen molar-refractivity contribution in [3.8, 4) is 11.1 Å². The van der Waals surface area contributed by atoms with Crippen molar-refractivity contribution in [3.05, 3.63) is 70.7 Å². The molecule has 28 heavy (non-hydrogen) atoms. The molecule has 0 saturated carbocycles. The zero-order valence-corrected chi connectivity index (χ0v) is 16.8. The minimum absolute atomic E-state index is 0.175. The molecular formula is C22H23N3O2S. The molecule has 0 radical (unpaired) electrons. The van der Waals surface area contributed by atoms with Crippen molar-refractivity contribution in [2.75, 3.05) is 12.0 Å². The fourth-order valence-electron chi connectivity index (χ4n) is 2.69. The molecule has 5 nitrogen and oxygen atoms in total. The standard InChI is InChI=1S/C22H23N3O2S/c1-3-16-8-10-18(11-9-16)19-7-5-6-17(12-19)14-23-25-22-24-20(15-28-22)13-21(26)27-4-2/h5-12,14-15H,3-4,13H2,1-2H3,(H,24,25). The van der Waals surface area contributed by atoms with E-state index in [9.17, 15) is 4.79 Å². The van der Waals surface area contributed by atoms with Crippen molar-refractivity contribution < 1.29 is 9.53 Å². The second kappa shape index (κ2) is 9.80.